The maximum atomic E-state index is 6.04. The summed E-state index contributed by atoms with van der Waals surface area (Å²) in [5, 5.41) is 3.03. The van der Waals surface area contributed by atoms with Crippen LogP contribution in [0.15, 0.2) is 11.4 Å². The number of rotatable bonds is 6. The highest BCUT2D eigenvalue weighted by atomic mass is 32.1. The van der Waals surface area contributed by atoms with E-state index < -0.39 is 0 Å². The van der Waals surface area contributed by atoms with E-state index in [9.17, 15) is 0 Å². The van der Waals surface area contributed by atoms with Crippen LogP contribution in [0.4, 0.5) is 5.82 Å². The Bertz CT molecular complexity index is 601. The molecule has 0 aliphatic heterocycles. The van der Waals surface area contributed by atoms with E-state index in [1.807, 2.05) is 11.4 Å². The Morgan fingerprint density at radius 3 is 2.50 bits per heavy atom. The molecular weight excluding hydrogens is 268 g/mol. The molecule has 4 rings (SSSR count). The molecule has 5 heteroatoms. The molecule has 2 aromatic rings. The fourth-order valence-electron chi connectivity index (χ4n) is 2.73. The summed E-state index contributed by atoms with van der Waals surface area (Å²) in [5.74, 6) is 3.34. The SMILES string of the molecule is Nc1nc(CN(CC2CC2)CC2CC2)nc2sccc12. The van der Waals surface area contributed by atoms with Gasteiger partial charge in [-0.2, -0.15) is 0 Å². The Morgan fingerprint density at radius 1 is 1.15 bits per heavy atom. The first-order valence-corrected chi connectivity index (χ1v) is 8.38. The first-order valence-electron chi connectivity index (χ1n) is 7.50. The second-order valence-electron chi connectivity index (χ2n) is 6.25. The average Bonchev–Trinajstić information content (AvgIpc) is 3.32. The molecular formula is C15H20N4S. The van der Waals surface area contributed by atoms with Gasteiger partial charge in [-0.15, -0.1) is 11.3 Å². The molecule has 2 aliphatic carbocycles. The summed E-state index contributed by atoms with van der Waals surface area (Å²) >= 11 is 1.65. The van der Waals surface area contributed by atoms with Gasteiger partial charge in [-0.25, -0.2) is 9.97 Å². The topological polar surface area (TPSA) is 55.0 Å². The van der Waals surface area contributed by atoms with Gasteiger partial charge in [0.2, 0.25) is 0 Å². The van der Waals surface area contributed by atoms with Crippen molar-refractivity contribution in [2.24, 2.45) is 11.8 Å². The summed E-state index contributed by atoms with van der Waals surface area (Å²) in [6, 6.07) is 2.01. The fraction of sp³-hybridized carbons (Fsp3) is 0.600. The fourth-order valence-corrected chi connectivity index (χ4v) is 3.52. The molecule has 2 aromatic heterocycles. The highest BCUT2D eigenvalue weighted by Gasteiger charge is 2.29. The van der Waals surface area contributed by atoms with Crippen molar-refractivity contribution in [3.63, 3.8) is 0 Å². The van der Waals surface area contributed by atoms with Crippen molar-refractivity contribution in [2.45, 2.75) is 32.2 Å². The summed E-state index contributed by atoms with van der Waals surface area (Å²) < 4.78 is 0. The van der Waals surface area contributed by atoms with Gasteiger partial charge in [0.25, 0.3) is 0 Å². The second-order valence-corrected chi connectivity index (χ2v) is 7.14. The van der Waals surface area contributed by atoms with Crippen LogP contribution in [0.25, 0.3) is 10.2 Å². The first-order chi connectivity index (χ1) is 9.78. The van der Waals surface area contributed by atoms with Gasteiger partial charge in [-0.05, 0) is 49.0 Å². The van der Waals surface area contributed by atoms with Gasteiger partial charge >= 0.3 is 0 Å². The van der Waals surface area contributed by atoms with Gasteiger partial charge in [0.1, 0.15) is 16.5 Å². The molecule has 0 radical (unpaired) electrons. The molecule has 20 heavy (non-hydrogen) atoms. The van der Waals surface area contributed by atoms with Crippen LogP contribution in [0.1, 0.15) is 31.5 Å². The number of hydrogen-bond donors (Lipinski definition) is 1. The Hall–Kier alpha value is -1.20. The van der Waals surface area contributed by atoms with Crippen LogP contribution in [0.2, 0.25) is 0 Å². The zero-order chi connectivity index (χ0) is 13.5. The zero-order valence-corrected chi connectivity index (χ0v) is 12.4. The minimum atomic E-state index is 0.629. The molecule has 2 aliphatic rings. The lowest BCUT2D eigenvalue weighted by atomic mass is 10.3. The van der Waals surface area contributed by atoms with Crippen LogP contribution in [-0.2, 0) is 6.54 Å². The Morgan fingerprint density at radius 2 is 1.85 bits per heavy atom. The lowest BCUT2D eigenvalue weighted by Crippen LogP contribution is -2.28. The number of thiophene rings is 1. The lowest BCUT2D eigenvalue weighted by molar-refractivity contribution is 0.239. The highest BCUT2D eigenvalue weighted by molar-refractivity contribution is 7.16. The third-order valence-corrected chi connectivity index (χ3v) is 5.00. The summed E-state index contributed by atoms with van der Waals surface area (Å²) in [4.78, 5) is 12.7. The Kier molecular flexibility index (Phi) is 3.11. The van der Waals surface area contributed by atoms with Gasteiger partial charge in [0, 0.05) is 13.1 Å². The van der Waals surface area contributed by atoms with E-state index in [1.54, 1.807) is 11.3 Å². The molecule has 2 N–H and O–H groups in total. The summed E-state index contributed by atoms with van der Waals surface area (Å²) in [6.07, 6.45) is 5.59. The minimum absolute atomic E-state index is 0.629. The van der Waals surface area contributed by atoms with Crippen LogP contribution in [0, 0.1) is 11.8 Å². The van der Waals surface area contributed by atoms with Crippen LogP contribution < -0.4 is 5.73 Å². The summed E-state index contributed by atoms with van der Waals surface area (Å²) in [6.45, 7) is 3.27. The molecule has 0 saturated heterocycles. The minimum Gasteiger partial charge on any atom is -0.383 e. The van der Waals surface area contributed by atoms with E-state index in [-0.39, 0.29) is 0 Å². The number of nitrogens with two attached hydrogens (primary N) is 1. The smallest absolute Gasteiger partial charge is 0.146 e. The van der Waals surface area contributed by atoms with Crippen LogP contribution in [-0.4, -0.2) is 28.0 Å². The van der Waals surface area contributed by atoms with Crippen molar-refractivity contribution in [3.05, 3.63) is 17.3 Å². The van der Waals surface area contributed by atoms with Gasteiger partial charge in [0.05, 0.1) is 11.9 Å². The Balaban J connectivity index is 1.53. The molecule has 2 fully saturated rings. The van der Waals surface area contributed by atoms with Gasteiger partial charge in [0.15, 0.2) is 0 Å². The molecule has 0 amide bonds. The quantitative estimate of drug-likeness (QED) is 0.888. The monoisotopic (exact) mass is 288 g/mol. The van der Waals surface area contributed by atoms with E-state index in [1.165, 1.54) is 38.8 Å². The molecule has 106 valence electrons. The van der Waals surface area contributed by atoms with Gasteiger partial charge in [-0.3, -0.25) is 4.90 Å². The molecule has 2 heterocycles. The number of nitrogen functional groups attached to an aromatic ring is 1. The third-order valence-electron chi connectivity index (χ3n) is 4.19. The van der Waals surface area contributed by atoms with Crippen LogP contribution >= 0.6 is 11.3 Å². The second kappa shape index (κ2) is 4.97. The lowest BCUT2D eigenvalue weighted by Gasteiger charge is -2.21. The van der Waals surface area contributed by atoms with Crippen molar-refractivity contribution in [2.75, 3.05) is 18.8 Å². The van der Waals surface area contributed by atoms with E-state index in [4.69, 9.17) is 5.73 Å². The number of aromatic nitrogens is 2. The van der Waals surface area contributed by atoms with Crippen molar-refractivity contribution in [3.8, 4) is 0 Å². The Labute approximate surface area is 123 Å². The maximum absolute atomic E-state index is 6.04. The van der Waals surface area contributed by atoms with Gasteiger partial charge < -0.3 is 5.73 Å². The summed E-state index contributed by atoms with van der Waals surface area (Å²) in [7, 11) is 0. The molecule has 0 aromatic carbocycles. The molecule has 0 spiro atoms. The van der Waals surface area contributed by atoms with Crippen LogP contribution in [0.3, 0.4) is 0 Å². The van der Waals surface area contributed by atoms with Crippen molar-refractivity contribution in [1.82, 2.24) is 14.9 Å². The van der Waals surface area contributed by atoms with Crippen LogP contribution in [0.5, 0.6) is 0 Å². The highest BCUT2D eigenvalue weighted by Crippen LogP contribution is 2.34. The molecule has 2 saturated carbocycles. The largest absolute Gasteiger partial charge is 0.383 e. The first kappa shape index (κ1) is 12.5. The number of hydrogen-bond acceptors (Lipinski definition) is 5. The molecule has 0 bridgehead atoms. The third kappa shape index (κ3) is 2.79. The van der Waals surface area contributed by atoms with Crippen molar-refractivity contribution < 1.29 is 0 Å². The standard InChI is InChI=1S/C15H20N4S/c16-14-12-5-6-20-15(12)18-13(17-14)9-19(7-10-1-2-10)8-11-3-4-11/h5-6,10-11H,1-4,7-9H2,(H2,16,17,18). The zero-order valence-electron chi connectivity index (χ0n) is 11.6. The summed E-state index contributed by atoms with van der Waals surface area (Å²) in [5.41, 5.74) is 6.04. The van der Waals surface area contributed by atoms with E-state index in [2.05, 4.69) is 14.9 Å². The van der Waals surface area contributed by atoms with E-state index in [0.29, 0.717) is 5.82 Å². The molecule has 0 atom stereocenters. The number of nitrogens with zero attached hydrogens (tertiary/aromatic N) is 3. The average molecular weight is 288 g/mol. The predicted octanol–water partition coefficient (Wildman–Crippen LogP) is 2.90. The van der Waals surface area contributed by atoms with E-state index in [0.717, 1.165) is 34.4 Å². The van der Waals surface area contributed by atoms with Crippen molar-refractivity contribution >= 4 is 27.4 Å². The van der Waals surface area contributed by atoms with Gasteiger partial charge in [-0.1, -0.05) is 0 Å². The normalized spacial score (nSPS) is 19.1. The van der Waals surface area contributed by atoms with E-state index >= 15 is 0 Å². The molecule has 4 nitrogen and oxygen atoms in total. The molecule has 0 unspecified atom stereocenters. The number of fused-ring (bicyclic) bond motifs is 1. The van der Waals surface area contributed by atoms with Crippen molar-refractivity contribution in [1.29, 1.82) is 0 Å². The maximum Gasteiger partial charge on any atom is 0.146 e. The number of anilines is 1. The predicted molar refractivity (Wildman–Crippen MR) is 82.6 cm³/mol.